The quantitative estimate of drug-likeness (QED) is 0.885. The van der Waals surface area contributed by atoms with Crippen molar-refractivity contribution >= 4 is 22.4 Å². The number of carbonyl (C=O) groups is 1. The first-order valence-electron chi connectivity index (χ1n) is 5.78. The van der Waals surface area contributed by atoms with Crippen LogP contribution in [-0.4, -0.2) is 36.8 Å². The van der Waals surface area contributed by atoms with Crippen LogP contribution in [0.2, 0.25) is 0 Å². The van der Waals surface area contributed by atoms with E-state index in [-0.39, 0.29) is 5.91 Å². The molecule has 1 unspecified atom stereocenters. The summed E-state index contributed by atoms with van der Waals surface area (Å²) in [5.74, 6) is 0.451. The molecule has 1 aromatic rings. The first-order chi connectivity index (χ1) is 8.33. The smallest absolute Gasteiger partial charge is 0.257 e. The van der Waals surface area contributed by atoms with Gasteiger partial charge in [0.15, 0.2) is 11.2 Å². The molecule has 17 heavy (non-hydrogen) atoms. The van der Waals surface area contributed by atoms with Crippen LogP contribution >= 0.6 is 11.3 Å². The van der Waals surface area contributed by atoms with Crippen LogP contribution in [0.4, 0.5) is 5.13 Å². The van der Waals surface area contributed by atoms with Gasteiger partial charge in [0.25, 0.3) is 5.91 Å². The van der Waals surface area contributed by atoms with E-state index in [0.29, 0.717) is 30.9 Å². The number of rotatable bonds is 3. The van der Waals surface area contributed by atoms with Gasteiger partial charge in [0.2, 0.25) is 0 Å². The van der Waals surface area contributed by atoms with Crippen molar-refractivity contribution in [3.8, 4) is 0 Å². The summed E-state index contributed by atoms with van der Waals surface area (Å²) in [5, 5.41) is 5.46. The lowest BCUT2D eigenvalue weighted by Crippen LogP contribution is -2.39. The second-order valence-electron chi connectivity index (χ2n) is 4.28. The van der Waals surface area contributed by atoms with E-state index in [0.717, 1.165) is 5.69 Å². The zero-order valence-corrected chi connectivity index (χ0v) is 10.2. The van der Waals surface area contributed by atoms with E-state index in [1.54, 1.807) is 0 Å². The maximum Gasteiger partial charge on any atom is 0.257 e. The summed E-state index contributed by atoms with van der Waals surface area (Å²) >= 11 is 1.47. The number of aromatic nitrogens is 1. The summed E-state index contributed by atoms with van der Waals surface area (Å²) in [6.45, 7) is 1.36. The van der Waals surface area contributed by atoms with Crippen molar-refractivity contribution in [2.24, 2.45) is 0 Å². The van der Waals surface area contributed by atoms with Gasteiger partial charge in [-0.05, 0) is 12.8 Å². The third-order valence-electron chi connectivity index (χ3n) is 2.86. The molecule has 3 rings (SSSR count). The van der Waals surface area contributed by atoms with Crippen molar-refractivity contribution in [3.05, 3.63) is 11.1 Å². The lowest BCUT2D eigenvalue weighted by atomic mass is 10.3. The molecule has 1 amide bonds. The molecular weight excluding hydrogens is 240 g/mol. The van der Waals surface area contributed by atoms with Gasteiger partial charge in [-0.15, -0.1) is 11.3 Å². The predicted molar refractivity (Wildman–Crippen MR) is 63.3 cm³/mol. The molecule has 1 atom stereocenters. The van der Waals surface area contributed by atoms with Crippen molar-refractivity contribution in [1.29, 1.82) is 0 Å². The first-order valence-corrected chi connectivity index (χ1v) is 6.66. The highest BCUT2D eigenvalue weighted by Crippen LogP contribution is 2.40. The van der Waals surface area contributed by atoms with Crippen LogP contribution in [0.1, 0.15) is 24.5 Å². The summed E-state index contributed by atoms with van der Waals surface area (Å²) in [7, 11) is 0. The number of amides is 1. The Morgan fingerprint density at radius 2 is 2.35 bits per heavy atom. The fourth-order valence-electron chi connectivity index (χ4n) is 1.74. The average Bonchev–Trinajstić information content (AvgIpc) is 3.12. The maximum absolute atomic E-state index is 11.8. The number of thiazole rings is 1. The van der Waals surface area contributed by atoms with Crippen LogP contribution < -0.4 is 5.32 Å². The number of carbonyl (C=O) groups excluding carboxylic acids is 1. The van der Waals surface area contributed by atoms with Crippen molar-refractivity contribution in [1.82, 2.24) is 4.98 Å². The second kappa shape index (κ2) is 4.72. The lowest BCUT2D eigenvalue weighted by molar-refractivity contribution is -0.142. The van der Waals surface area contributed by atoms with Gasteiger partial charge >= 0.3 is 0 Å². The summed E-state index contributed by atoms with van der Waals surface area (Å²) in [6.07, 6.45) is 1.94. The Hall–Kier alpha value is -0.980. The molecule has 92 valence electrons. The molecule has 6 heteroatoms. The van der Waals surface area contributed by atoms with Gasteiger partial charge in [-0.1, -0.05) is 0 Å². The Balaban J connectivity index is 1.58. The molecule has 1 saturated carbocycles. The topological polar surface area (TPSA) is 60.5 Å². The minimum atomic E-state index is -0.503. The highest BCUT2D eigenvalue weighted by atomic mass is 32.1. The molecule has 5 nitrogen and oxygen atoms in total. The van der Waals surface area contributed by atoms with E-state index in [1.807, 2.05) is 5.38 Å². The van der Waals surface area contributed by atoms with E-state index in [9.17, 15) is 4.79 Å². The minimum Gasteiger partial charge on any atom is -0.376 e. The predicted octanol–water partition coefficient (Wildman–Crippen LogP) is 1.37. The molecule has 0 radical (unpaired) electrons. The average molecular weight is 254 g/mol. The molecular formula is C11H14N2O3S. The number of nitrogens with one attached hydrogen (secondary N) is 1. The van der Waals surface area contributed by atoms with E-state index < -0.39 is 6.10 Å². The van der Waals surface area contributed by atoms with Gasteiger partial charge in [-0.3, -0.25) is 10.1 Å². The van der Waals surface area contributed by atoms with Gasteiger partial charge in [0.1, 0.15) is 0 Å². The number of hydrogen-bond donors (Lipinski definition) is 1. The molecule has 0 aromatic carbocycles. The van der Waals surface area contributed by atoms with Crippen LogP contribution in [0.15, 0.2) is 5.38 Å². The Labute approximate surface area is 103 Å². The monoisotopic (exact) mass is 254 g/mol. The second-order valence-corrected chi connectivity index (χ2v) is 5.13. The van der Waals surface area contributed by atoms with E-state index >= 15 is 0 Å². The zero-order valence-electron chi connectivity index (χ0n) is 9.35. The van der Waals surface area contributed by atoms with Crippen molar-refractivity contribution in [2.45, 2.75) is 24.9 Å². The summed E-state index contributed by atoms with van der Waals surface area (Å²) in [6, 6.07) is 0. The third kappa shape index (κ3) is 2.65. The third-order valence-corrected chi connectivity index (χ3v) is 3.63. The normalized spacial score (nSPS) is 24.6. The summed E-state index contributed by atoms with van der Waals surface area (Å²) in [4.78, 5) is 16.2. The minimum absolute atomic E-state index is 0.165. The standard InChI is InChI=1S/C11H14N2O3S/c14-10(9-5-15-3-4-16-9)13-11-12-8(6-17-11)7-1-2-7/h6-7,9H,1-5H2,(H,12,13,14). The molecule has 0 bridgehead atoms. The fraction of sp³-hybridized carbons (Fsp3) is 0.636. The molecule has 1 aromatic heterocycles. The molecule has 1 N–H and O–H groups in total. The Kier molecular flexibility index (Phi) is 3.09. The van der Waals surface area contributed by atoms with Gasteiger partial charge < -0.3 is 9.47 Å². The molecule has 2 aliphatic rings. The largest absolute Gasteiger partial charge is 0.376 e. The zero-order chi connectivity index (χ0) is 11.7. The van der Waals surface area contributed by atoms with Gasteiger partial charge in [-0.2, -0.15) is 0 Å². The molecule has 1 aliphatic heterocycles. The Bertz CT molecular complexity index is 411. The SMILES string of the molecule is O=C(Nc1nc(C2CC2)cs1)C1COCCO1. The van der Waals surface area contributed by atoms with Gasteiger partial charge in [0, 0.05) is 11.3 Å². The fourth-order valence-corrected chi connectivity index (χ4v) is 2.53. The van der Waals surface area contributed by atoms with Crippen LogP contribution in [0.25, 0.3) is 0 Å². The lowest BCUT2D eigenvalue weighted by Gasteiger charge is -2.21. The summed E-state index contributed by atoms with van der Waals surface area (Å²) in [5.41, 5.74) is 1.10. The Morgan fingerprint density at radius 3 is 3.06 bits per heavy atom. The Morgan fingerprint density at radius 1 is 1.47 bits per heavy atom. The molecule has 2 fully saturated rings. The van der Waals surface area contributed by atoms with E-state index in [2.05, 4.69) is 10.3 Å². The van der Waals surface area contributed by atoms with Crippen molar-refractivity contribution < 1.29 is 14.3 Å². The van der Waals surface area contributed by atoms with Crippen LogP contribution in [0.3, 0.4) is 0 Å². The number of nitrogens with zero attached hydrogens (tertiary/aromatic N) is 1. The molecule has 1 saturated heterocycles. The first kappa shape index (κ1) is 11.1. The number of hydrogen-bond acceptors (Lipinski definition) is 5. The van der Waals surface area contributed by atoms with E-state index in [1.165, 1.54) is 24.2 Å². The maximum atomic E-state index is 11.8. The van der Waals surface area contributed by atoms with E-state index in [4.69, 9.17) is 9.47 Å². The highest BCUT2D eigenvalue weighted by molar-refractivity contribution is 7.13. The van der Waals surface area contributed by atoms with Crippen LogP contribution in [0, 0.1) is 0 Å². The summed E-state index contributed by atoms with van der Waals surface area (Å²) < 4.78 is 10.5. The van der Waals surface area contributed by atoms with Crippen LogP contribution in [0.5, 0.6) is 0 Å². The van der Waals surface area contributed by atoms with Gasteiger partial charge in [-0.25, -0.2) is 4.98 Å². The number of anilines is 1. The van der Waals surface area contributed by atoms with Crippen LogP contribution in [-0.2, 0) is 14.3 Å². The molecule has 0 spiro atoms. The van der Waals surface area contributed by atoms with Gasteiger partial charge in [0.05, 0.1) is 25.5 Å². The highest BCUT2D eigenvalue weighted by Gasteiger charge is 2.27. The van der Waals surface area contributed by atoms with Crippen molar-refractivity contribution in [2.75, 3.05) is 25.1 Å². The number of ether oxygens (including phenoxy) is 2. The molecule has 2 heterocycles. The van der Waals surface area contributed by atoms with Crippen molar-refractivity contribution in [3.63, 3.8) is 0 Å². The molecule has 1 aliphatic carbocycles.